The Morgan fingerprint density at radius 1 is 0.556 bits per heavy atom. The second-order valence-electron chi connectivity index (χ2n) is 12.9. The van der Waals surface area contributed by atoms with Crippen molar-refractivity contribution in [1.29, 1.82) is 0 Å². The van der Waals surface area contributed by atoms with Gasteiger partial charge in [0.1, 0.15) is 0 Å². The second-order valence-corrected chi connectivity index (χ2v) is 17.1. The van der Waals surface area contributed by atoms with Crippen LogP contribution in [0.3, 0.4) is 0 Å². The Morgan fingerprint density at radius 3 is 1.31 bits per heavy atom. The molecule has 0 spiro atoms. The van der Waals surface area contributed by atoms with Gasteiger partial charge in [-0.15, -0.1) is 0 Å². The van der Waals surface area contributed by atoms with Crippen LogP contribution in [-0.4, -0.2) is 11.2 Å². The molecule has 45 heavy (non-hydrogen) atoms. The first kappa shape index (κ1) is 32.4. The van der Waals surface area contributed by atoms with Gasteiger partial charge in [0.2, 0.25) is 0 Å². The number of aliphatic hydroxyl groups excluding tert-OH is 1. The molecule has 6 rings (SSSR count). The number of hydrogen-bond donors (Lipinski definition) is 1. The van der Waals surface area contributed by atoms with Crippen molar-refractivity contribution >= 4 is 45.1 Å². The van der Waals surface area contributed by atoms with Crippen LogP contribution in [-0.2, 0) is 0 Å². The molecule has 0 radical (unpaired) electrons. The van der Waals surface area contributed by atoms with Crippen molar-refractivity contribution < 1.29 is 5.11 Å². The fourth-order valence-electron chi connectivity index (χ4n) is 7.85. The van der Waals surface area contributed by atoms with E-state index >= 15 is 0 Å². The van der Waals surface area contributed by atoms with Gasteiger partial charge in [-0.1, -0.05) is 130 Å². The first-order valence-electron chi connectivity index (χ1n) is 15.8. The standard InChI is InChI=1S/C41H41Br2OP/c1-24-18-26(3)39(27(4)19-24)33-14-11-15-34(40-28(5)20-25(2)21-29(40)6)41(33)45-37(31-12-7-9-16-35(31)42)22-30(44)23-38(45)32-13-8-10-17-36(32)43/h7-21,30,37-38,44H,22-23H2,1-6H3. The van der Waals surface area contributed by atoms with E-state index in [1.54, 1.807) is 0 Å². The highest BCUT2D eigenvalue weighted by Crippen LogP contribution is 2.70. The largest absolute Gasteiger partial charge is 0.393 e. The molecule has 0 bridgehead atoms. The molecular weight excluding hydrogens is 699 g/mol. The Balaban J connectivity index is 1.76. The lowest BCUT2D eigenvalue weighted by Gasteiger charge is -2.44. The molecule has 1 fully saturated rings. The topological polar surface area (TPSA) is 20.2 Å². The molecule has 2 unspecified atom stereocenters. The number of aliphatic hydroxyl groups is 1. The fourth-order valence-corrected chi connectivity index (χ4v) is 13.3. The van der Waals surface area contributed by atoms with E-state index in [2.05, 4.69) is 164 Å². The molecule has 0 saturated carbocycles. The lowest BCUT2D eigenvalue weighted by Crippen LogP contribution is -2.28. The molecule has 1 aliphatic heterocycles. The van der Waals surface area contributed by atoms with Crippen molar-refractivity contribution in [2.45, 2.75) is 71.8 Å². The molecule has 2 atom stereocenters. The highest BCUT2D eigenvalue weighted by molar-refractivity contribution is 9.10. The summed E-state index contributed by atoms with van der Waals surface area (Å²) in [5.74, 6) is 0. The van der Waals surface area contributed by atoms with Gasteiger partial charge in [-0.3, -0.25) is 0 Å². The molecule has 4 heteroatoms. The van der Waals surface area contributed by atoms with E-state index < -0.39 is 7.92 Å². The average molecular weight is 741 g/mol. The fraction of sp³-hybridized carbons (Fsp3) is 0.268. The minimum Gasteiger partial charge on any atom is -0.393 e. The highest BCUT2D eigenvalue weighted by Gasteiger charge is 2.43. The van der Waals surface area contributed by atoms with Gasteiger partial charge < -0.3 is 5.11 Å². The van der Waals surface area contributed by atoms with Gasteiger partial charge in [-0.05, 0) is 127 Å². The van der Waals surface area contributed by atoms with Crippen LogP contribution in [0.1, 0.15) is 68.7 Å². The van der Waals surface area contributed by atoms with Gasteiger partial charge in [-0.2, -0.15) is 0 Å². The Bertz CT molecular complexity index is 1720. The van der Waals surface area contributed by atoms with E-state index in [1.165, 1.54) is 72.1 Å². The van der Waals surface area contributed by atoms with E-state index in [0.717, 1.165) is 21.8 Å². The summed E-state index contributed by atoms with van der Waals surface area (Å²) >= 11 is 7.90. The second kappa shape index (κ2) is 13.3. The summed E-state index contributed by atoms with van der Waals surface area (Å²) in [4.78, 5) is 0. The molecule has 0 aromatic heterocycles. The molecular formula is C41H41Br2OP. The van der Waals surface area contributed by atoms with Crippen LogP contribution >= 0.6 is 39.8 Å². The van der Waals surface area contributed by atoms with Crippen LogP contribution < -0.4 is 5.30 Å². The van der Waals surface area contributed by atoms with Gasteiger partial charge in [0.25, 0.3) is 0 Å². The third kappa shape index (κ3) is 6.27. The van der Waals surface area contributed by atoms with Crippen LogP contribution in [0.5, 0.6) is 0 Å². The van der Waals surface area contributed by atoms with Gasteiger partial charge in [0, 0.05) is 20.3 Å². The Hall–Kier alpha value is -2.55. The first-order chi connectivity index (χ1) is 21.5. The summed E-state index contributed by atoms with van der Waals surface area (Å²) in [6, 6.07) is 33.7. The van der Waals surface area contributed by atoms with Gasteiger partial charge in [0.15, 0.2) is 0 Å². The lowest BCUT2D eigenvalue weighted by molar-refractivity contribution is 0.146. The van der Waals surface area contributed by atoms with Crippen molar-refractivity contribution in [2.75, 3.05) is 0 Å². The average Bonchev–Trinajstić information content (AvgIpc) is 2.97. The number of aryl methyl sites for hydroxylation is 6. The maximum atomic E-state index is 11.6. The summed E-state index contributed by atoms with van der Waals surface area (Å²) in [5, 5.41) is 13.1. The first-order valence-corrected chi connectivity index (χ1v) is 18.9. The zero-order chi connectivity index (χ0) is 32.0. The molecule has 5 aromatic carbocycles. The van der Waals surface area contributed by atoms with E-state index in [9.17, 15) is 5.11 Å². The smallest absolute Gasteiger partial charge is 0.0559 e. The normalized spacial score (nSPS) is 19.9. The zero-order valence-electron chi connectivity index (χ0n) is 27.0. The Labute approximate surface area is 287 Å². The third-order valence-corrected chi connectivity index (χ3v) is 14.1. The van der Waals surface area contributed by atoms with E-state index in [1.807, 2.05) is 0 Å². The predicted octanol–water partition coefficient (Wildman–Crippen LogP) is 12.1. The lowest BCUT2D eigenvalue weighted by atomic mass is 9.89. The zero-order valence-corrected chi connectivity index (χ0v) is 31.0. The summed E-state index contributed by atoms with van der Waals surface area (Å²) in [5.41, 5.74) is 16.1. The quantitative estimate of drug-likeness (QED) is 0.178. The molecule has 1 nitrogen and oxygen atoms in total. The van der Waals surface area contributed by atoms with Crippen LogP contribution in [0.25, 0.3) is 22.3 Å². The maximum absolute atomic E-state index is 11.6. The number of hydrogen-bond acceptors (Lipinski definition) is 1. The Kier molecular flexibility index (Phi) is 9.56. The van der Waals surface area contributed by atoms with E-state index in [-0.39, 0.29) is 17.4 Å². The molecule has 230 valence electrons. The molecule has 0 amide bonds. The van der Waals surface area contributed by atoms with Crippen molar-refractivity contribution in [3.8, 4) is 22.3 Å². The molecule has 1 N–H and O–H groups in total. The minimum atomic E-state index is -0.879. The SMILES string of the molecule is Cc1cc(C)c(-c2cccc(-c3c(C)cc(C)cc3C)c2P2C(c3ccccc3Br)CC(O)CC2c2ccccc2Br)c(C)c1. The number of rotatable bonds is 5. The summed E-state index contributed by atoms with van der Waals surface area (Å²) < 4.78 is 2.24. The summed E-state index contributed by atoms with van der Waals surface area (Å²) in [7, 11) is -0.879. The highest BCUT2D eigenvalue weighted by atomic mass is 79.9. The van der Waals surface area contributed by atoms with Gasteiger partial charge >= 0.3 is 0 Å². The van der Waals surface area contributed by atoms with Crippen molar-refractivity contribution in [1.82, 2.24) is 0 Å². The monoisotopic (exact) mass is 738 g/mol. The Morgan fingerprint density at radius 2 is 0.933 bits per heavy atom. The number of halogens is 2. The van der Waals surface area contributed by atoms with Crippen LogP contribution in [0.4, 0.5) is 0 Å². The van der Waals surface area contributed by atoms with Crippen molar-refractivity contribution in [2.24, 2.45) is 0 Å². The van der Waals surface area contributed by atoms with Crippen LogP contribution in [0.15, 0.2) is 99.9 Å². The molecule has 0 aliphatic carbocycles. The van der Waals surface area contributed by atoms with Crippen LogP contribution in [0, 0.1) is 41.5 Å². The van der Waals surface area contributed by atoms with Crippen LogP contribution in [0.2, 0.25) is 0 Å². The molecule has 1 saturated heterocycles. The number of benzene rings is 5. The minimum absolute atomic E-state index is 0.161. The molecule has 5 aromatic rings. The third-order valence-electron chi connectivity index (χ3n) is 9.38. The van der Waals surface area contributed by atoms with Crippen molar-refractivity contribution in [3.05, 3.63) is 144 Å². The van der Waals surface area contributed by atoms with E-state index in [4.69, 9.17) is 0 Å². The molecule has 1 aliphatic rings. The predicted molar refractivity (Wildman–Crippen MR) is 201 cm³/mol. The van der Waals surface area contributed by atoms with Gasteiger partial charge in [0.05, 0.1) is 6.10 Å². The summed E-state index contributed by atoms with van der Waals surface area (Å²) in [6.07, 6.45) is 1.08. The molecule has 1 heterocycles. The van der Waals surface area contributed by atoms with Gasteiger partial charge in [-0.25, -0.2) is 0 Å². The van der Waals surface area contributed by atoms with E-state index in [0.29, 0.717) is 0 Å². The summed E-state index contributed by atoms with van der Waals surface area (Å²) in [6.45, 7) is 13.5. The maximum Gasteiger partial charge on any atom is 0.0559 e. The van der Waals surface area contributed by atoms with Crippen molar-refractivity contribution in [3.63, 3.8) is 0 Å².